The van der Waals surface area contributed by atoms with Gasteiger partial charge in [0, 0.05) is 26.7 Å². The molecule has 0 amide bonds. The fraction of sp³-hybridized carbons (Fsp3) is 0.929. The molecule has 0 bridgehead atoms. The van der Waals surface area contributed by atoms with Gasteiger partial charge in [-0.25, -0.2) is 0 Å². The van der Waals surface area contributed by atoms with Gasteiger partial charge in [0.25, 0.3) is 0 Å². The summed E-state index contributed by atoms with van der Waals surface area (Å²) in [5, 5.41) is 6.51. The fourth-order valence-electron chi connectivity index (χ4n) is 2.20. The number of nitrogens with zero attached hydrogens (tertiary/aromatic N) is 2. The van der Waals surface area contributed by atoms with Gasteiger partial charge in [0.05, 0.1) is 13.2 Å². The highest BCUT2D eigenvalue weighted by atomic mass is 127. The van der Waals surface area contributed by atoms with Crippen LogP contribution in [0.3, 0.4) is 0 Å². The number of hydrogen-bond donors (Lipinski definition) is 2. The van der Waals surface area contributed by atoms with Crippen LogP contribution < -0.4 is 10.6 Å². The van der Waals surface area contributed by atoms with Crippen LogP contribution in [0.1, 0.15) is 26.7 Å². The van der Waals surface area contributed by atoms with E-state index in [1.54, 1.807) is 7.11 Å². The van der Waals surface area contributed by atoms with Crippen molar-refractivity contribution in [2.45, 2.75) is 26.7 Å². The lowest BCUT2D eigenvalue weighted by Crippen LogP contribution is -2.40. The maximum absolute atomic E-state index is 5.03. The van der Waals surface area contributed by atoms with E-state index in [-0.39, 0.29) is 24.0 Å². The van der Waals surface area contributed by atoms with Gasteiger partial charge in [-0.3, -0.25) is 4.99 Å². The van der Waals surface area contributed by atoms with Crippen molar-refractivity contribution in [1.82, 2.24) is 15.5 Å². The van der Waals surface area contributed by atoms with Crippen molar-refractivity contribution in [3.63, 3.8) is 0 Å². The molecular weight excluding hydrogens is 367 g/mol. The summed E-state index contributed by atoms with van der Waals surface area (Å²) in [7, 11) is 1.71. The Morgan fingerprint density at radius 3 is 2.60 bits per heavy atom. The van der Waals surface area contributed by atoms with Gasteiger partial charge in [-0.2, -0.15) is 0 Å². The maximum atomic E-state index is 5.03. The number of rotatable bonds is 7. The van der Waals surface area contributed by atoms with E-state index < -0.39 is 0 Å². The van der Waals surface area contributed by atoms with Crippen molar-refractivity contribution < 1.29 is 4.74 Å². The predicted molar refractivity (Wildman–Crippen MR) is 96.1 cm³/mol. The number of likely N-dealkylation sites (tertiary alicyclic amines) is 1. The van der Waals surface area contributed by atoms with Crippen LogP contribution in [0.4, 0.5) is 0 Å². The zero-order chi connectivity index (χ0) is 13.9. The molecule has 1 rings (SSSR count). The van der Waals surface area contributed by atoms with Crippen LogP contribution in [0.15, 0.2) is 4.99 Å². The topological polar surface area (TPSA) is 48.9 Å². The first-order valence-corrected chi connectivity index (χ1v) is 7.49. The zero-order valence-electron chi connectivity index (χ0n) is 13.2. The van der Waals surface area contributed by atoms with Crippen molar-refractivity contribution in [2.75, 3.05) is 53.0 Å². The molecule has 0 spiro atoms. The third-order valence-corrected chi connectivity index (χ3v) is 3.51. The number of halogens is 1. The van der Waals surface area contributed by atoms with Crippen LogP contribution in [0.5, 0.6) is 0 Å². The molecule has 6 heteroatoms. The van der Waals surface area contributed by atoms with Crippen molar-refractivity contribution in [3.05, 3.63) is 0 Å². The van der Waals surface area contributed by atoms with Crippen molar-refractivity contribution in [1.29, 1.82) is 0 Å². The Hall–Kier alpha value is -0.0800. The number of ether oxygens (including phenoxy) is 1. The van der Waals surface area contributed by atoms with Gasteiger partial charge in [-0.15, -0.1) is 24.0 Å². The summed E-state index contributed by atoms with van der Waals surface area (Å²) < 4.78 is 5.03. The summed E-state index contributed by atoms with van der Waals surface area (Å²) in [5.74, 6) is 1.79. The Kier molecular flexibility index (Phi) is 12.6. The molecule has 2 N–H and O–H groups in total. The van der Waals surface area contributed by atoms with Crippen LogP contribution in [-0.4, -0.2) is 63.8 Å². The van der Waals surface area contributed by atoms with Gasteiger partial charge in [-0.05, 0) is 38.8 Å². The second-order valence-corrected chi connectivity index (χ2v) is 5.20. The third kappa shape index (κ3) is 8.97. The minimum Gasteiger partial charge on any atom is -0.383 e. The first-order valence-electron chi connectivity index (χ1n) is 7.49. The van der Waals surface area contributed by atoms with E-state index in [0.29, 0.717) is 6.61 Å². The minimum atomic E-state index is 0. The Morgan fingerprint density at radius 1 is 1.30 bits per heavy atom. The van der Waals surface area contributed by atoms with Crippen molar-refractivity contribution in [2.24, 2.45) is 10.9 Å². The Bertz CT molecular complexity index is 256. The van der Waals surface area contributed by atoms with Gasteiger partial charge >= 0.3 is 0 Å². The average Bonchev–Trinajstić information content (AvgIpc) is 2.41. The predicted octanol–water partition coefficient (Wildman–Crippen LogP) is 1.54. The molecule has 1 fully saturated rings. The van der Waals surface area contributed by atoms with E-state index in [4.69, 9.17) is 4.74 Å². The summed E-state index contributed by atoms with van der Waals surface area (Å²) in [6, 6.07) is 0. The number of hydrogen-bond acceptors (Lipinski definition) is 3. The summed E-state index contributed by atoms with van der Waals surface area (Å²) >= 11 is 0. The Labute approximate surface area is 140 Å². The van der Waals surface area contributed by atoms with Crippen LogP contribution in [0.2, 0.25) is 0 Å². The highest BCUT2D eigenvalue weighted by molar-refractivity contribution is 14.0. The SMILES string of the molecule is CCNC(=NCCN1CCC(C)CC1)NCCOC.I. The lowest BCUT2D eigenvalue weighted by atomic mass is 9.99. The smallest absolute Gasteiger partial charge is 0.191 e. The minimum absolute atomic E-state index is 0. The molecule has 0 aromatic heterocycles. The molecule has 1 heterocycles. The highest BCUT2D eigenvalue weighted by Gasteiger charge is 2.14. The molecule has 0 atom stereocenters. The zero-order valence-corrected chi connectivity index (χ0v) is 15.5. The molecule has 120 valence electrons. The van der Waals surface area contributed by atoms with Crippen LogP contribution in [-0.2, 0) is 4.74 Å². The lowest BCUT2D eigenvalue weighted by Gasteiger charge is -2.29. The number of nitrogens with one attached hydrogen (secondary N) is 2. The lowest BCUT2D eigenvalue weighted by molar-refractivity contribution is 0.197. The quantitative estimate of drug-likeness (QED) is 0.296. The van der Waals surface area contributed by atoms with Gasteiger partial charge in [0.15, 0.2) is 5.96 Å². The van der Waals surface area contributed by atoms with Crippen LogP contribution in [0, 0.1) is 5.92 Å². The second-order valence-electron chi connectivity index (χ2n) is 5.20. The molecule has 1 aliphatic rings. The van der Waals surface area contributed by atoms with Gasteiger partial charge in [-0.1, -0.05) is 6.92 Å². The molecule has 0 unspecified atom stereocenters. The molecule has 0 aromatic rings. The normalized spacial score (nSPS) is 17.6. The first-order chi connectivity index (χ1) is 9.26. The van der Waals surface area contributed by atoms with E-state index in [9.17, 15) is 0 Å². The summed E-state index contributed by atoms with van der Waals surface area (Å²) in [6.45, 7) is 11.2. The summed E-state index contributed by atoms with van der Waals surface area (Å²) in [4.78, 5) is 7.11. The third-order valence-electron chi connectivity index (χ3n) is 3.51. The van der Waals surface area contributed by atoms with E-state index >= 15 is 0 Å². The maximum Gasteiger partial charge on any atom is 0.191 e. The number of methoxy groups -OCH3 is 1. The van der Waals surface area contributed by atoms with Crippen LogP contribution in [0.25, 0.3) is 0 Å². The van der Waals surface area contributed by atoms with E-state index in [1.807, 2.05) is 0 Å². The van der Waals surface area contributed by atoms with Crippen molar-refractivity contribution >= 4 is 29.9 Å². The molecule has 0 aliphatic carbocycles. The standard InChI is InChI=1S/C14H30N4O.HI/c1-4-15-14(17-8-12-19-3)16-7-11-18-9-5-13(2)6-10-18;/h13H,4-12H2,1-3H3,(H2,15,16,17);1H. The summed E-state index contributed by atoms with van der Waals surface area (Å²) in [6.07, 6.45) is 2.66. The average molecular weight is 398 g/mol. The molecule has 5 nitrogen and oxygen atoms in total. The van der Waals surface area contributed by atoms with Gasteiger partial charge in [0.1, 0.15) is 0 Å². The van der Waals surface area contributed by atoms with E-state index in [2.05, 4.69) is 34.4 Å². The first kappa shape index (κ1) is 19.9. The Morgan fingerprint density at radius 2 is 2.00 bits per heavy atom. The van der Waals surface area contributed by atoms with Gasteiger partial charge in [0.2, 0.25) is 0 Å². The highest BCUT2D eigenvalue weighted by Crippen LogP contribution is 2.15. The number of piperidine rings is 1. The molecule has 1 saturated heterocycles. The molecule has 0 saturated carbocycles. The monoisotopic (exact) mass is 398 g/mol. The largest absolute Gasteiger partial charge is 0.383 e. The van der Waals surface area contributed by atoms with E-state index in [1.165, 1.54) is 25.9 Å². The number of aliphatic imine (C=N–C) groups is 1. The molecule has 1 aliphatic heterocycles. The summed E-state index contributed by atoms with van der Waals surface area (Å²) in [5.41, 5.74) is 0. The molecule has 0 aromatic carbocycles. The van der Waals surface area contributed by atoms with E-state index in [0.717, 1.165) is 38.1 Å². The molecule has 20 heavy (non-hydrogen) atoms. The Balaban J connectivity index is 0.00000361. The molecular formula is C14H31IN4O. The van der Waals surface area contributed by atoms with Gasteiger partial charge < -0.3 is 20.3 Å². The van der Waals surface area contributed by atoms with Crippen LogP contribution >= 0.6 is 24.0 Å². The number of guanidine groups is 1. The second kappa shape index (κ2) is 12.6. The van der Waals surface area contributed by atoms with Crippen molar-refractivity contribution in [3.8, 4) is 0 Å². The molecule has 0 radical (unpaired) electrons. The fourth-order valence-corrected chi connectivity index (χ4v) is 2.20.